The number of alkyl halides is 3. The molecule has 7 heteroatoms. The molecule has 0 N–H and O–H groups in total. The Morgan fingerprint density at radius 2 is 1.53 bits per heavy atom. The number of Topliss-reactive ketones (excluding diaryl/α,β-unsaturated/α-hetero) is 1. The van der Waals surface area contributed by atoms with Crippen LogP contribution in [-0.4, -0.2) is 9.58 Å². The second kappa shape index (κ2) is 4.42. The zero-order valence-electron chi connectivity index (χ0n) is 6.83. The molecule has 0 saturated heterocycles. The highest BCUT2D eigenvalue weighted by Crippen LogP contribution is 2.32. The normalized spacial score (nSPS) is 11.6. The number of rotatable bonds is 1. The predicted molar refractivity (Wildman–Crippen MR) is 56.0 cm³/mol. The smallest absolute Gasteiger partial charge is 0.253 e. The van der Waals surface area contributed by atoms with Crippen LogP contribution in [0.3, 0.4) is 0 Å². The van der Waals surface area contributed by atoms with Gasteiger partial charge in [-0.25, -0.2) is 8.78 Å². The van der Waals surface area contributed by atoms with Gasteiger partial charge in [0.05, 0.1) is 0 Å². The van der Waals surface area contributed by atoms with E-state index in [1.165, 1.54) is 0 Å². The third-order valence-corrected chi connectivity index (χ3v) is 2.38. The molecule has 0 bridgehead atoms. The van der Waals surface area contributed by atoms with Gasteiger partial charge in [0.1, 0.15) is 16.7 Å². The summed E-state index contributed by atoms with van der Waals surface area (Å²) < 4.78 is 23.6. The molecule has 1 aromatic carbocycles. The Bertz CT molecular complexity index is 391. The van der Waals surface area contributed by atoms with Gasteiger partial charge in [0.2, 0.25) is 5.78 Å². The first-order valence-electron chi connectivity index (χ1n) is 3.49. The second-order valence-electron chi connectivity index (χ2n) is 2.58. The van der Waals surface area contributed by atoms with Crippen LogP contribution in [0.5, 0.6) is 0 Å². The molecule has 1 nitrogen and oxygen atoms in total. The maximum absolute atomic E-state index is 12.9. The van der Waals surface area contributed by atoms with E-state index < -0.39 is 31.8 Å². The highest BCUT2D eigenvalue weighted by molar-refractivity contribution is 6.77. The number of hydrogen-bond acceptors (Lipinski definition) is 1. The molecule has 0 aliphatic rings. The van der Waals surface area contributed by atoms with Crippen molar-refractivity contribution >= 4 is 52.2 Å². The standard InChI is InChI=1S/C8H2Cl4F2O/c9-6-4(13)1-3(2-5(6)14)7(15)8(10,11)12/h1-2H. The molecular weight excluding hydrogens is 292 g/mol. The molecule has 0 aliphatic carbocycles. The zero-order chi connectivity index (χ0) is 11.8. The van der Waals surface area contributed by atoms with Gasteiger partial charge < -0.3 is 0 Å². The van der Waals surface area contributed by atoms with Crippen LogP contribution in [-0.2, 0) is 0 Å². The second-order valence-corrected chi connectivity index (χ2v) is 5.24. The van der Waals surface area contributed by atoms with Crippen LogP contribution in [0, 0.1) is 11.6 Å². The Morgan fingerprint density at radius 1 is 1.13 bits per heavy atom. The number of carbonyl (C=O) groups excluding carboxylic acids is 1. The Hall–Kier alpha value is -0.0900. The van der Waals surface area contributed by atoms with Crippen molar-refractivity contribution in [1.82, 2.24) is 0 Å². The van der Waals surface area contributed by atoms with E-state index in [0.29, 0.717) is 12.1 Å². The van der Waals surface area contributed by atoms with Crippen LogP contribution >= 0.6 is 46.4 Å². The summed E-state index contributed by atoms with van der Waals surface area (Å²) in [6.07, 6.45) is 0. The maximum atomic E-state index is 12.9. The van der Waals surface area contributed by atoms with Gasteiger partial charge in [-0.15, -0.1) is 0 Å². The third-order valence-electron chi connectivity index (χ3n) is 1.50. The molecule has 0 saturated carbocycles. The third kappa shape index (κ3) is 2.94. The molecule has 0 aliphatic heterocycles. The predicted octanol–water partition coefficient (Wildman–Crippen LogP) is 4.17. The lowest BCUT2D eigenvalue weighted by Crippen LogP contribution is -2.19. The molecule has 1 aromatic rings. The average molecular weight is 294 g/mol. The first kappa shape index (κ1) is 13.0. The molecule has 0 heterocycles. The number of ketones is 1. The molecule has 82 valence electrons. The highest BCUT2D eigenvalue weighted by atomic mass is 35.6. The maximum Gasteiger partial charge on any atom is 0.253 e. The Morgan fingerprint density at radius 3 is 1.87 bits per heavy atom. The molecule has 1 rings (SSSR count). The SMILES string of the molecule is O=C(c1cc(F)c(Cl)c(F)c1)C(Cl)(Cl)Cl. The van der Waals surface area contributed by atoms with Crippen molar-refractivity contribution in [1.29, 1.82) is 0 Å². The molecule has 0 unspecified atom stereocenters. The minimum atomic E-state index is -2.26. The minimum absolute atomic E-state index is 0.394. The van der Waals surface area contributed by atoms with Crippen molar-refractivity contribution < 1.29 is 13.6 Å². The molecule has 15 heavy (non-hydrogen) atoms. The van der Waals surface area contributed by atoms with Gasteiger partial charge >= 0.3 is 0 Å². The van der Waals surface area contributed by atoms with Crippen LogP contribution in [0.1, 0.15) is 10.4 Å². The lowest BCUT2D eigenvalue weighted by molar-refractivity contribution is 0.0995. The number of benzene rings is 1. The van der Waals surface area contributed by atoms with Gasteiger partial charge in [-0.2, -0.15) is 0 Å². The summed E-state index contributed by atoms with van der Waals surface area (Å²) in [6, 6.07) is 1.41. The fraction of sp³-hybridized carbons (Fsp3) is 0.125. The summed E-state index contributed by atoms with van der Waals surface area (Å²) in [5, 5.41) is -0.712. The summed E-state index contributed by atoms with van der Waals surface area (Å²) in [5.41, 5.74) is -0.394. The lowest BCUT2D eigenvalue weighted by Gasteiger charge is -2.09. The van der Waals surface area contributed by atoms with Crippen LogP contribution in [0.2, 0.25) is 5.02 Å². The van der Waals surface area contributed by atoms with Gasteiger partial charge in [-0.1, -0.05) is 46.4 Å². The van der Waals surface area contributed by atoms with Gasteiger partial charge in [0.25, 0.3) is 3.79 Å². The minimum Gasteiger partial charge on any atom is -0.289 e. The molecule has 0 amide bonds. The van der Waals surface area contributed by atoms with Crippen LogP contribution in [0.4, 0.5) is 8.78 Å². The first-order valence-corrected chi connectivity index (χ1v) is 5.00. The number of carbonyl (C=O) groups is 1. The van der Waals surface area contributed by atoms with E-state index in [-0.39, 0.29) is 0 Å². The van der Waals surface area contributed by atoms with Crippen LogP contribution in [0.15, 0.2) is 12.1 Å². The Balaban J connectivity index is 3.24. The Labute approximate surface area is 104 Å². The summed E-state index contributed by atoms with van der Waals surface area (Å²) in [4.78, 5) is 11.3. The highest BCUT2D eigenvalue weighted by Gasteiger charge is 2.32. The molecular formula is C8H2Cl4F2O. The lowest BCUT2D eigenvalue weighted by atomic mass is 10.1. The quantitative estimate of drug-likeness (QED) is 0.431. The van der Waals surface area contributed by atoms with Crippen molar-refractivity contribution in [2.45, 2.75) is 3.79 Å². The van der Waals surface area contributed by atoms with E-state index in [2.05, 4.69) is 0 Å². The van der Waals surface area contributed by atoms with Crippen molar-refractivity contribution in [3.63, 3.8) is 0 Å². The van der Waals surface area contributed by atoms with Crippen LogP contribution in [0.25, 0.3) is 0 Å². The monoisotopic (exact) mass is 292 g/mol. The van der Waals surface area contributed by atoms with Crippen molar-refractivity contribution in [3.8, 4) is 0 Å². The van der Waals surface area contributed by atoms with Crippen molar-refractivity contribution in [2.75, 3.05) is 0 Å². The van der Waals surface area contributed by atoms with E-state index >= 15 is 0 Å². The van der Waals surface area contributed by atoms with E-state index in [1.807, 2.05) is 0 Å². The summed E-state index contributed by atoms with van der Waals surface area (Å²) in [6.45, 7) is 0. The van der Waals surface area contributed by atoms with Crippen LogP contribution < -0.4 is 0 Å². The van der Waals surface area contributed by atoms with Crippen molar-refractivity contribution in [3.05, 3.63) is 34.4 Å². The Kier molecular flexibility index (Phi) is 3.82. The van der Waals surface area contributed by atoms with E-state index in [4.69, 9.17) is 46.4 Å². The largest absolute Gasteiger partial charge is 0.289 e. The number of hydrogen-bond donors (Lipinski definition) is 0. The van der Waals surface area contributed by atoms with Gasteiger partial charge in [-0.05, 0) is 12.1 Å². The molecule has 0 fully saturated rings. The van der Waals surface area contributed by atoms with Gasteiger partial charge in [0, 0.05) is 5.56 Å². The summed E-state index contributed by atoms with van der Waals surface area (Å²) in [5.74, 6) is -3.20. The van der Waals surface area contributed by atoms with E-state index in [0.717, 1.165) is 0 Å². The fourth-order valence-corrected chi connectivity index (χ4v) is 1.29. The van der Waals surface area contributed by atoms with Crippen molar-refractivity contribution in [2.24, 2.45) is 0 Å². The van der Waals surface area contributed by atoms with E-state index in [9.17, 15) is 13.6 Å². The molecule has 0 atom stereocenters. The molecule has 0 spiro atoms. The topological polar surface area (TPSA) is 17.1 Å². The first-order chi connectivity index (χ1) is 6.73. The number of halogens is 6. The van der Waals surface area contributed by atoms with Gasteiger partial charge in [-0.3, -0.25) is 4.79 Å². The zero-order valence-corrected chi connectivity index (χ0v) is 9.85. The molecule has 0 aromatic heterocycles. The summed E-state index contributed by atoms with van der Waals surface area (Å²) in [7, 11) is 0. The van der Waals surface area contributed by atoms with Gasteiger partial charge in [0.15, 0.2) is 0 Å². The van der Waals surface area contributed by atoms with E-state index in [1.54, 1.807) is 0 Å². The average Bonchev–Trinajstić information content (AvgIpc) is 2.10. The summed E-state index contributed by atoms with van der Waals surface area (Å²) >= 11 is 21.0. The fourth-order valence-electron chi connectivity index (χ4n) is 0.850. The molecule has 0 radical (unpaired) electrons.